The van der Waals surface area contributed by atoms with Crippen LogP contribution >= 0.6 is 0 Å². The summed E-state index contributed by atoms with van der Waals surface area (Å²) in [4.78, 5) is 29.6. The Labute approximate surface area is 126 Å². The van der Waals surface area contributed by atoms with Gasteiger partial charge in [0.2, 0.25) is 5.91 Å². The van der Waals surface area contributed by atoms with E-state index < -0.39 is 11.9 Å². The van der Waals surface area contributed by atoms with Crippen molar-refractivity contribution >= 4 is 11.9 Å². The zero-order valence-corrected chi connectivity index (χ0v) is 13.3. The number of hydrogen-bond donors (Lipinski definition) is 1. The first-order chi connectivity index (χ1) is 9.83. The molecule has 0 bridgehead atoms. The maximum absolute atomic E-state index is 12.0. The van der Waals surface area contributed by atoms with E-state index in [1.165, 1.54) is 0 Å². The number of hydrogen-bond acceptors (Lipinski definition) is 4. The Hall–Kier alpha value is -1.14. The van der Waals surface area contributed by atoms with Crippen LogP contribution in [0.1, 0.15) is 27.2 Å². The molecule has 2 aliphatic rings. The Morgan fingerprint density at radius 1 is 1.29 bits per heavy atom. The zero-order valence-electron chi connectivity index (χ0n) is 13.3. The van der Waals surface area contributed by atoms with E-state index >= 15 is 0 Å². The van der Waals surface area contributed by atoms with E-state index in [9.17, 15) is 9.59 Å². The summed E-state index contributed by atoms with van der Waals surface area (Å²) >= 11 is 0. The molecule has 2 fully saturated rings. The van der Waals surface area contributed by atoms with Crippen LogP contribution in [0.5, 0.6) is 0 Å². The van der Waals surface area contributed by atoms with Crippen molar-refractivity contribution in [1.29, 1.82) is 0 Å². The van der Waals surface area contributed by atoms with Gasteiger partial charge in [-0.3, -0.25) is 14.5 Å². The van der Waals surface area contributed by atoms with Crippen LogP contribution in [-0.2, 0) is 9.59 Å². The summed E-state index contributed by atoms with van der Waals surface area (Å²) in [5, 5.41) is 9.06. The van der Waals surface area contributed by atoms with Crippen LogP contribution in [0, 0.1) is 5.92 Å². The number of carboxylic acids is 1. The summed E-state index contributed by atoms with van der Waals surface area (Å²) < 4.78 is 0. The second kappa shape index (κ2) is 6.32. The number of aliphatic carboxylic acids is 1. The first kappa shape index (κ1) is 16.2. The van der Waals surface area contributed by atoms with E-state index in [2.05, 4.69) is 30.6 Å². The molecule has 6 nitrogen and oxygen atoms in total. The van der Waals surface area contributed by atoms with Crippen molar-refractivity contribution < 1.29 is 14.7 Å². The number of likely N-dealkylation sites (N-methyl/N-ethyl adjacent to an activating group) is 1. The van der Waals surface area contributed by atoms with Crippen LogP contribution in [0.4, 0.5) is 0 Å². The Balaban J connectivity index is 1.92. The maximum atomic E-state index is 12.0. The minimum absolute atomic E-state index is 0.0253. The molecule has 6 heteroatoms. The van der Waals surface area contributed by atoms with Crippen LogP contribution in [0.2, 0.25) is 0 Å². The number of carboxylic acid groups (broad SMARTS) is 1. The third kappa shape index (κ3) is 3.74. The largest absolute Gasteiger partial charge is 0.481 e. The predicted octanol–water partition coefficient (Wildman–Crippen LogP) is 0.336. The highest BCUT2D eigenvalue weighted by Gasteiger charge is 2.39. The molecule has 1 atom stereocenters. The summed E-state index contributed by atoms with van der Waals surface area (Å²) in [6.45, 7) is 12.7. The molecule has 0 aromatic carbocycles. The molecule has 0 spiro atoms. The quantitative estimate of drug-likeness (QED) is 0.792. The van der Waals surface area contributed by atoms with Gasteiger partial charge < -0.3 is 14.9 Å². The van der Waals surface area contributed by atoms with Gasteiger partial charge in [-0.25, -0.2) is 0 Å². The van der Waals surface area contributed by atoms with Crippen LogP contribution in [-0.4, -0.2) is 83.0 Å². The number of amides is 1. The van der Waals surface area contributed by atoms with Gasteiger partial charge >= 0.3 is 5.97 Å². The fourth-order valence-corrected chi connectivity index (χ4v) is 3.33. The number of carbonyl (C=O) groups excluding carboxylic acids is 1. The van der Waals surface area contributed by atoms with Crippen molar-refractivity contribution in [3.05, 3.63) is 0 Å². The van der Waals surface area contributed by atoms with Gasteiger partial charge in [-0.1, -0.05) is 6.92 Å². The van der Waals surface area contributed by atoms with Crippen molar-refractivity contribution in [2.75, 3.05) is 45.8 Å². The lowest BCUT2D eigenvalue weighted by Crippen LogP contribution is -2.58. The lowest BCUT2D eigenvalue weighted by atomic mass is 10.0. The van der Waals surface area contributed by atoms with Crippen molar-refractivity contribution in [2.24, 2.45) is 5.92 Å². The second-order valence-electron chi connectivity index (χ2n) is 6.75. The molecule has 0 radical (unpaired) electrons. The fourth-order valence-electron chi connectivity index (χ4n) is 3.33. The molecule has 1 N–H and O–H groups in total. The van der Waals surface area contributed by atoms with Gasteiger partial charge in [-0.2, -0.15) is 0 Å². The molecule has 120 valence electrons. The van der Waals surface area contributed by atoms with E-state index in [1.807, 2.05) is 0 Å². The van der Waals surface area contributed by atoms with Gasteiger partial charge in [-0.15, -0.1) is 0 Å². The molecule has 0 aromatic heterocycles. The minimum Gasteiger partial charge on any atom is -0.481 e. The third-order valence-corrected chi connectivity index (χ3v) is 4.82. The molecule has 0 saturated carbocycles. The molecule has 2 saturated heterocycles. The minimum atomic E-state index is -0.861. The lowest BCUT2D eigenvalue weighted by Gasteiger charge is -2.45. The Kier molecular flexibility index (Phi) is 4.88. The van der Waals surface area contributed by atoms with E-state index in [-0.39, 0.29) is 17.9 Å². The summed E-state index contributed by atoms with van der Waals surface area (Å²) in [7, 11) is 0. The van der Waals surface area contributed by atoms with Gasteiger partial charge in [-0.05, 0) is 20.4 Å². The standard InChI is InChI=1S/C15H27N3O3/c1-4-16-5-7-18(8-6-16)15(2,3)11-17-10-12(14(20)21)9-13(17)19/h12H,4-11H2,1-3H3,(H,20,21). The van der Waals surface area contributed by atoms with E-state index in [0.717, 1.165) is 32.7 Å². The highest BCUT2D eigenvalue weighted by molar-refractivity contribution is 5.86. The van der Waals surface area contributed by atoms with Crippen molar-refractivity contribution in [3.8, 4) is 0 Å². The van der Waals surface area contributed by atoms with E-state index in [1.54, 1.807) is 4.90 Å². The maximum Gasteiger partial charge on any atom is 0.308 e. The summed E-state index contributed by atoms with van der Waals surface area (Å²) in [6.07, 6.45) is 0.148. The van der Waals surface area contributed by atoms with E-state index in [4.69, 9.17) is 5.11 Å². The number of rotatable bonds is 5. The van der Waals surface area contributed by atoms with Gasteiger partial charge in [0.15, 0.2) is 0 Å². The average molecular weight is 297 g/mol. The Morgan fingerprint density at radius 3 is 2.38 bits per heavy atom. The fraction of sp³-hybridized carbons (Fsp3) is 0.867. The van der Waals surface area contributed by atoms with Crippen LogP contribution in [0.3, 0.4) is 0 Å². The SMILES string of the molecule is CCN1CCN(C(C)(C)CN2CC(C(=O)O)CC2=O)CC1. The molecule has 2 aliphatic heterocycles. The predicted molar refractivity (Wildman–Crippen MR) is 80.1 cm³/mol. The topological polar surface area (TPSA) is 64.1 Å². The summed E-state index contributed by atoms with van der Waals surface area (Å²) in [5.74, 6) is -1.42. The monoisotopic (exact) mass is 297 g/mol. The van der Waals surface area contributed by atoms with Gasteiger partial charge in [0, 0.05) is 51.2 Å². The van der Waals surface area contributed by atoms with Crippen LogP contribution in [0.25, 0.3) is 0 Å². The van der Waals surface area contributed by atoms with Gasteiger partial charge in [0.1, 0.15) is 0 Å². The molecule has 1 unspecified atom stereocenters. The molecule has 0 aromatic rings. The van der Waals surface area contributed by atoms with Crippen molar-refractivity contribution in [1.82, 2.24) is 14.7 Å². The van der Waals surface area contributed by atoms with Crippen LogP contribution in [0.15, 0.2) is 0 Å². The first-order valence-corrected chi connectivity index (χ1v) is 7.81. The van der Waals surface area contributed by atoms with Gasteiger partial charge in [0.25, 0.3) is 0 Å². The molecular formula is C15H27N3O3. The number of piperazine rings is 1. The number of likely N-dealkylation sites (tertiary alicyclic amines) is 1. The molecule has 21 heavy (non-hydrogen) atoms. The zero-order chi connectivity index (χ0) is 15.6. The highest BCUT2D eigenvalue weighted by atomic mass is 16.4. The Bertz CT molecular complexity index is 403. The second-order valence-corrected chi connectivity index (χ2v) is 6.75. The molecule has 0 aliphatic carbocycles. The first-order valence-electron chi connectivity index (χ1n) is 7.81. The normalized spacial score (nSPS) is 25.6. The molecule has 2 heterocycles. The molecule has 1 amide bonds. The Morgan fingerprint density at radius 2 is 1.90 bits per heavy atom. The molecule has 2 rings (SSSR count). The summed E-state index contributed by atoms with van der Waals surface area (Å²) in [6, 6.07) is 0. The number of nitrogens with zero attached hydrogens (tertiary/aromatic N) is 3. The highest BCUT2D eigenvalue weighted by Crippen LogP contribution is 2.24. The van der Waals surface area contributed by atoms with E-state index in [0.29, 0.717) is 13.1 Å². The number of carbonyl (C=O) groups is 2. The van der Waals surface area contributed by atoms with Gasteiger partial charge in [0.05, 0.1) is 5.92 Å². The van der Waals surface area contributed by atoms with Crippen molar-refractivity contribution in [2.45, 2.75) is 32.7 Å². The smallest absolute Gasteiger partial charge is 0.308 e. The molecular weight excluding hydrogens is 270 g/mol. The van der Waals surface area contributed by atoms with Crippen LogP contribution < -0.4 is 0 Å². The summed E-state index contributed by atoms with van der Waals surface area (Å²) in [5.41, 5.74) is -0.108. The third-order valence-electron chi connectivity index (χ3n) is 4.82. The van der Waals surface area contributed by atoms with Crippen molar-refractivity contribution in [3.63, 3.8) is 0 Å². The average Bonchev–Trinajstić information content (AvgIpc) is 2.80. The lowest BCUT2D eigenvalue weighted by molar-refractivity contribution is -0.141.